The summed E-state index contributed by atoms with van der Waals surface area (Å²) in [6.07, 6.45) is 5.33. The highest BCUT2D eigenvalue weighted by molar-refractivity contribution is 6.39. The summed E-state index contributed by atoms with van der Waals surface area (Å²) in [4.78, 5) is 26.2. The summed E-state index contributed by atoms with van der Waals surface area (Å²) < 4.78 is 5.21. The maximum absolute atomic E-state index is 12.3. The molecule has 0 unspecified atom stereocenters. The van der Waals surface area contributed by atoms with E-state index < -0.39 is 11.8 Å². The second kappa shape index (κ2) is 7.68. The molecule has 0 bridgehead atoms. The van der Waals surface area contributed by atoms with E-state index in [1.165, 1.54) is 13.5 Å². The molecule has 6 heteroatoms. The zero-order valence-electron chi connectivity index (χ0n) is 13.8. The number of amides is 2. The second-order valence-corrected chi connectivity index (χ2v) is 6.37. The Balaban J connectivity index is 2.09. The number of nitrogens with one attached hydrogen (secondary N) is 1. The first-order valence-corrected chi connectivity index (χ1v) is 8.24. The number of rotatable bonds is 3. The molecule has 2 rings (SSSR count). The van der Waals surface area contributed by atoms with Gasteiger partial charge in [-0.25, -0.2) is 0 Å². The van der Waals surface area contributed by atoms with Gasteiger partial charge < -0.3 is 15.0 Å². The average Bonchev–Trinajstić information content (AvgIpc) is 2.57. The van der Waals surface area contributed by atoms with Crippen molar-refractivity contribution < 1.29 is 14.3 Å². The molecule has 1 aromatic rings. The van der Waals surface area contributed by atoms with Crippen molar-refractivity contribution in [3.63, 3.8) is 0 Å². The highest BCUT2D eigenvalue weighted by Crippen LogP contribution is 2.31. The molecule has 1 N–H and O–H groups in total. The number of nitrogens with zero attached hydrogens (tertiary/aromatic N) is 1. The monoisotopic (exact) mass is 338 g/mol. The summed E-state index contributed by atoms with van der Waals surface area (Å²) in [6, 6.07) is 3.48. The summed E-state index contributed by atoms with van der Waals surface area (Å²) in [6.45, 7) is 1.83. The van der Waals surface area contributed by atoms with E-state index in [9.17, 15) is 9.59 Å². The van der Waals surface area contributed by atoms with E-state index in [-0.39, 0.29) is 6.04 Å². The number of methoxy groups -OCH3 is 1. The summed E-state index contributed by atoms with van der Waals surface area (Å²) in [5.74, 6) is -0.744. The van der Waals surface area contributed by atoms with E-state index in [0.29, 0.717) is 16.5 Å². The fourth-order valence-electron chi connectivity index (χ4n) is 2.90. The maximum atomic E-state index is 12.3. The lowest BCUT2D eigenvalue weighted by molar-refractivity contribution is -0.144. The van der Waals surface area contributed by atoms with Crippen molar-refractivity contribution in [2.24, 2.45) is 0 Å². The van der Waals surface area contributed by atoms with Crippen LogP contribution < -0.4 is 10.1 Å². The van der Waals surface area contributed by atoms with Gasteiger partial charge in [0.1, 0.15) is 5.75 Å². The molecule has 1 aliphatic carbocycles. The lowest BCUT2D eigenvalue weighted by Crippen LogP contribution is -2.44. The number of hydrogen-bond donors (Lipinski definition) is 1. The molecule has 1 saturated carbocycles. The largest absolute Gasteiger partial charge is 0.495 e. The van der Waals surface area contributed by atoms with Crippen LogP contribution in [0.2, 0.25) is 5.02 Å². The van der Waals surface area contributed by atoms with Crippen molar-refractivity contribution in [1.82, 2.24) is 4.90 Å². The Morgan fingerprint density at radius 1 is 1.26 bits per heavy atom. The van der Waals surface area contributed by atoms with E-state index in [1.54, 1.807) is 24.1 Å². The lowest BCUT2D eigenvalue weighted by atomic mass is 9.94. The Hall–Kier alpha value is -1.75. The summed E-state index contributed by atoms with van der Waals surface area (Å²) in [5.41, 5.74) is 1.25. The number of ether oxygens (including phenoxy) is 1. The first kappa shape index (κ1) is 17.6. The molecule has 126 valence electrons. The fourth-order valence-corrected chi connectivity index (χ4v) is 3.05. The van der Waals surface area contributed by atoms with Gasteiger partial charge in [0.25, 0.3) is 0 Å². The molecule has 0 heterocycles. The minimum atomic E-state index is -0.655. The standard InChI is InChI=1S/C17H23ClN2O3/c1-11-9-14(15(23-3)10-13(11)18)19-16(21)17(22)20(2)12-7-5-4-6-8-12/h9-10,12H,4-8H2,1-3H3,(H,19,21). The highest BCUT2D eigenvalue weighted by Gasteiger charge is 2.27. The molecule has 0 saturated heterocycles. The first-order valence-electron chi connectivity index (χ1n) is 7.86. The lowest BCUT2D eigenvalue weighted by Gasteiger charge is -2.30. The van der Waals surface area contributed by atoms with Gasteiger partial charge in [0.05, 0.1) is 12.8 Å². The van der Waals surface area contributed by atoms with Crippen molar-refractivity contribution >= 4 is 29.1 Å². The zero-order chi connectivity index (χ0) is 17.0. The topological polar surface area (TPSA) is 58.6 Å². The summed E-state index contributed by atoms with van der Waals surface area (Å²) in [5, 5.41) is 3.18. The number of likely N-dealkylation sites (N-methyl/N-ethyl adjacent to an activating group) is 1. The number of hydrogen-bond acceptors (Lipinski definition) is 3. The predicted molar refractivity (Wildman–Crippen MR) is 91.0 cm³/mol. The van der Waals surface area contributed by atoms with Crippen molar-refractivity contribution in [2.75, 3.05) is 19.5 Å². The van der Waals surface area contributed by atoms with Crippen LogP contribution in [-0.4, -0.2) is 36.9 Å². The molecule has 0 spiro atoms. The molecule has 23 heavy (non-hydrogen) atoms. The van der Waals surface area contributed by atoms with Crippen LogP contribution in [0.4, 0.5) is 5.69 Å². The van der Waals surface area contributed by atoms with Gasteiger partial charge in [-0.15, -0.1) is 0 Å². The zero-order valence-corrected chi connectivity index (χ0v) is 14.6. The molecule has 0 atom stereocenters. The fraction of sp³-hybridized carbons (Fsp3) is 0.529. The van der Waals surface area contributed by atoms with Crippen LogP contribution in [0.1, 0.15) is 37.7 Å². The van der Waals surface area contributed by atoms with Crippen LogP contribution in [0, 0.1) is 6.92 Å². The van der Waals surface area contributed by atoms with Gasteiger partial charge in [0.15, 0.2) is 0 Å². The van der Waals surface area contributed by atoms with Crippen molar-refractivity contribution in [1.29, 1.82) is 0 Å². The van der Waals surface area contributed by atoms with Crippen LogP contribution in [0.25, 0.3) is 0 Å². The minimum absolute atomic E-state index is 0.149. The van der Waals surface area contributed by atoms with Crippen LogP contribution in [0.3, 0.4) is 0 Å². The normalized spacial score (nSPS) is 15.1. The van der Waals surface area contributed by atoms with Gasteiger partial charge in [0, 0.05) is 24.2 Å². The molecular formula is C17H23ClN2O3. The van der Waals surface area contributed by atoms with Crippen LogP contribution in [0.15, 0.2) is 12.1 Å². The SMILES string of the molecule is COc1cc(Cl)c(C)cc1NC(=O)C(=O)N(C)C1CCCCC1. The predicted octanol–water partition coefficient (Wildman–Crippen LogP) is 3.39. The third-order valence-corrected chi connectivity index (χ3v) is 4.77. The summed E-state index contributed by atoms with van der Waals surface area (Å²) in [7, 11) is 3.19. The summed E-state index contributed by atoms with van der Waals surface area (Å²) >= 11 is 6.05. The Morgan fingerprint density at radius 3 is 2.52 bits per heavy atom. The Labute approximate surface area is 141 Å². The van der Waals surface area contributed by atoms with Gasteiger partial charge in [-0.05, 0) is 31.4 Å². The molecule has 0 aliphatic heterocycles. The quantitative estimate of drug-likeness (QED) is 0.859. The van der Waals surface area contributed by atoms with Crippen molar-refractivity contribution in [3.8, 4) is 5.75 Å². The number of carbonyl (C=O) groups excluding carboxylic acids is 2. The van der Waals surface area contributed by atoms with Crippen LogP contribution >= 0.6 is 11.6 Å². The second-order valence-electron chi connectivity index (χ2n) is 5.96. The number of anilines is 1. The smallest absolute Gasteiger partial charge is 0.314 e. The third kappa shape index (κ3) is 4.16. The molecule has 5 nitrogen and oxygen atoms in total. The van der Waals surface area contributed by atoms with E-state index >= 15 is 0 Å². The van der Waals surface area contributed by atoms with E-state index in [0.717, 1.165) is 31.2 Å². The van der Waals surface area contributed by atoms with Crippen LogP contribution in [0.5, 0.6) is 5.75 Å². The van der Waals surface area contributed by atoms with E-state index in [4.69, 9.17) is 16.3 Å². The molecule has 0 aromatic heterocycles. The number of benzene rings is 1. The van der Waals surface area contributed by atoms with Gasteiger partial charge in [-0.1, -0.05) is 30.9 Å². The number of aryl methyl sites for hydroxylation is 1. The van der Waals surface area contributed by atoms with Crippen LogP contribution in [-0.2, 0) is 9.59 Å². The molecule has 2 amide bonds. The Bertz CT molecular complexity index is 598. The van der Waals surface area contributed by atoms with Gasteiger partial charge >= 0.3 is 11.8 Å². The van der Waals surface area contributed by atoms with Gasteiger partial charge in [-0.3, -0.25) is 9.59 Å². The van der Waals surface area contributed by atoms with E-state index in [1.807, 2.05) is 6.92 Å². The minimum Gasteiger partial charge on any atom is -0.495 e. The molecule has 0 radical (unpaired) electrons. The van der Waals surface area contributed by atoms with E-state index in [2.05, 4.69) is 5.32 Å². The van der Waals surface area contributed by atoms with Gasteiger partial charge in [-0.2, -0.15) is 0 Å². The Morgan fingerprint density at radius 2 is 1.91 bits per heavy atom. The highest BCUT2D eigenvalue weighted by atomic mass is 35.5. The number of carbonyl (C=O) groups is 2. The average molecular weight is 339 g/mol. The molecule has 1 aliphatic rings. The Kier molecular flexibility index (Phi) is 5.88. The molecular weight excluding hydrogens is 316 g/mol. The maximum Gasteiger partial charge on any atom is 0.314 e. The number of halogens is 1. The molecule has 1 aromatic carbocycles. The van der Waals surface area contributed by atoms with Crippen molar-refractivity contribution in [2.45, 2.75) is 45.1 Å². The third-order valence-electron chi connectivity index (χ3n) is 4.37. The van der Waals surface area contributed by atoms with Gasteiger partial charge in [0.2, 0.25) is 0 Å². The van der Waals surface area contributed by atoms with Crippen molar-refractivity contribution in [3.05, 3.63) is 22.7 Å². The first-order chi connectivity index (χ1) is 10.9. The molecule has 1 fully saturated rings.